The second-order valence-corrected chi connectivity index (χ2v) is 4.61. The number of aromatic nitrogens is 1. The fraction of sp³-hybridized carbons (Fsp3) is 0.231. The van der Waals surface area contributed by atoms with Gasteiger partial charge in [0, 0.05) is 23.5 Å². The van der Waals surface area contributed by atoms with Crippen molar-refractivity contribution in [1.82, 2.24) is 4.57 Å². The first-order valence-electron chi connectivity index (χ1n) is 5.53. The second-order valence-electron chi connectivity index (χ2n) is 3.76. The predicted octanol–water partition coefficient (Wildman–Crippen LogP) is 4.43. The molecule has 1 N–H and O–H groups in total. The van der Waals surface area contributed by atoms with Gasteiger partial charge in [-0.15, -0.1) is 0 Å². The summed E-state index contributed by atoms with van der Waals surface area (Å²) in [5.74, 6) is 0. The lowest BCUT2D eigenvalue weighted by Crippen LogP contribution is -2.06. The highest BCUT2D eigenvalue weighted by atomic mass is 35.5. The molecule has 0 fully saturated rings. The molecule has 0 radical (unpaired) electrons. The molecule has 1 aromatic heterocycles. The number of aryl methyl sites for hydroxylation is 1. The molecule has 0 saturated carbocycles. The lowest BCUT2D eigenvalue weighted by Gasteiger charge is -2.10. The van der Waals surface area contributed by atoms with Crippen LogP contribution in [0.5, 0.6) is 0 Å². The van der Waals surface area contributed by atoms with Crippen LogP contribution >= 0.6 is 23.2 Å². The van der Waals surface area contributed by atoms with Gasteiger partial charge in [-0.1, -0.05) is 23.2 Å². The van der Waals surface area contributed by atoms with E-state index < -0.39 is 0 Å². The smallest absolute Gasteiger partial charge is 0.0638 e. The van der Waals surface area contributed by atoms with Gasteiger partial charge in [0.2, 0.25) is 0 Å². The molecule has 0 saturated heterocycles. The van der Waals surface area contributed by atoms with E-state index in [1.807, 2.05) is 12.1 Å². The zero-order valence-corrected chi connectivity index (χ0v) is 11.1. The van der Waals surface area contributed by atoms with Crippen molar-refractivity contribution in [3.05, 3.63) is 52.3 Å². The minimum atomic E-state index is 0.683. The largest absolute Gasteiger partial charge is 0.378 e. The minimum Gasteiger partial charge on any atom is -0.378 e. The summed E-state index contributed by atoms with van der Waals surface area (Å²) >= 11 is 12.0. The molecule has 1 heterocycles. The Morgan fingerprint density at radius 1 is 1.24 bits per heavy atom. The average molecular weight is 269 g/mol. The van der Waals surface area contributed by atoms with Crippen LogP contribution in [0.2, 0.25) is 10.0 Å². The Morgan fingerprint density at radius 3 is 2.82 bits per heavy atom. The van der Waals surface area contributed by atoms with E-state index in [1.165, 1.54) is 5.69 Å². The maximum atomic E-state index is 6.08. The van der Waals surface area contributed by atoms with Crippen molar-refractivity contribution in [3.63, 3.8) is 0 Å². The highest BCUT2D eigenvalue weighted by Gasteiger charge is 2.03. The SMILES string of the molecule is CCn1cccc1CNc1cc(Cl)ccc1Cl. The molecule has 0 unspecified atom stereocenters. The number of rotatable bonds is 4. The molecule has 0 aliphatic carbocycles. The fourth-order valence-corrected chi connectivity index (χ4v) is 2.09. The van der Waals surface area contributed by atoms with E-state index in [2.05, 4.69) is 29.1 Å². The molecule has 4 heteroatoms. The summed E-state index contributed by atoms with van der Waals surface area (Å²) < 4.78 is 2.19. The Kier molecular flexibility index (Phi) is 3.97. The summed E-state index contributed by atoms with van der Waals surface area (Å²) in [5.41, 5.74) is 2.09. The van der Waals surface area contributed by atoms with Gasteiger partial charge in [-0.3, -0.25) is 0 Å². The van der Waals surface area contributed by atoms with Crippen molar-refractivity contribution in [2.75, 3.05) is 5.32 Å². The molecule has 0 spiro atoms. The average Bonchev–Trinajstić information content (AvgIpc) is 2.77. The van der Waals surface area contributed by atoms with E-state index in [0.29, 0.717) is 10.0 Å². The molecule has 0 bridgehead atoms. The van der Waals surface area contributed by atoms with E-state index in [0.717, 1.165) is 18.8 Å². The third-order valence-electron chi connectivity index (χ3n) is 2.65. The number of nitrogens with one attached hydrogen (secondary N) is 1. The molecule has 2 aromatic rings. The van der Waals surface area contributed by atoms with Crippen LogP contribution in [0.3, 0.4) is 0 Å². The number of hydrogen-bond acceptors (Lipinski definition) is 1. The topological polar surface area (TPSA) is 17.0 Å². The first kappa shape index (κ1) is 12.3. The molecule has 0 atom stereocenters. The van der Waals surface area contributed by atoms with Crippen LogP contribution < -0.4 is 5.32 Å². The van der Waals surface area contributed by atoms with Gasteiger partial charge in [0.1, 0.15) is 0 Å². The van der Waals surface area contributed by atoms with Crippen molar-refractivity contribution < 1.29 is 0 Å². The standard InChI is InChI=1S/C13H14Cl2N2/c1-2-17-7-3-4-11(17)9-16-13-8-10(14)5-6-12(13)15/h3-8,16H,2,9H2,1H3. The Hall–Kier alpha value is -1.12. The van der Waals surface area contributed by atoms with Gasteiger partial charge in [-0.25, -0.2) is 0 Å². The highest BCUT2D eigenvalue weighted by molar-refractivity contribution is 6.35. The molecule has 0 amide bonds. The lowest BCUT2D eigenvalue weighted by atomic mass is 10.3. The van der Waals surface area contributed by atoms with Gasteiger partial charge in [0.15, 0.2) is 0 Å². The third kappa shape index (κ3) is 2.96. The van der Waals surface area contributed by atoms with Crippen LogP contribution in [0.1, 0.15) is 12.6 Å². The van der Waals surface area contributed by atoms with Crippen LogP contribution in [-0.4, -0.2) is 4.57 Å². The van der Waals surface area contributed by atoms with Gasteiger partial charge in [-0.05, 0) is 37.3 Å². The number of nitrogens with zero attached hydrogens (tertiary/aromatic N) is 1. The number of benzene rings is 1. The highest BCUT2D eigenvalue weighted by Crippen LogP contribution is 2.25. The monoisotopic (exact) mass is 268 g/mol. The quantitative estimate of drug-likeness (QED) is 0.868. The van der Waals surface area contributed by atoms with Crippen LogP contribution in [0, 0.1) is 0 Å². The molecule has 0 aliphatic heterocycles. The minimum absolute atomic E-state index is 0.683. The molecular formula is C13H14Cl2N2. The van der Waals surface area contributed by atoms with Crippen LogP contribution in [-0.2, 0) is 13.1 Å². The first-order valence-corrected chi connectivity index (χ1v) is 6.29. The summed E-state index contributed by atoms with van der Waals surface area (Å²) in [6.07, 6.45) is 2.07. The fourth-order valence-electron chi connectivity index (χ4n) is 1.74. The molecule has 0 aliphatic rings. The van der Waals surface area contributed by atoms with Gasteiger partial charge in [-0.2, -0.15) is 0 Å². The Morgan fingerprint density at radius 2 is 2.06 bits per heavy atom. The van der Waals surface area contributed by atoms with E-state index in [9.17, 15) is 0 Å². The van der Waals surface area contributed by atoms with Crippen molar-refractivity contribution in [2.24, 2.45) is 0 Å². The van der Waals surface area contributed by atoms with Gasteiger partial charge in [0.05, 0.1) is 17.3 Å². The van der Waals surface area contributed by atoms with Crippen LogP contribution in [0.4, 0.5) is 5.69 Å². The molecular weight excluding hydrogens is 255 g/mol. The van der Waals surface area contributed by atoms with E-state index >= 15 is 0 Å². The van der Waals surface area contributed by atoms with Gasteiger partial charge < -0.3 is 9.88 Å². The summed E-state index contributed by atoms with van der Waals surface area (Å²) in [5, 5.41) is 4.66. The van der Waals surface area contributed by atoms with Crippen molar-refractivity contribution >= 4 is 28.9 Å². The second kappa shape index (κ2) is 5.48. The first-order chi connectivity index (χ1) is 8.20. The van der Waals surface area contributed by atoms with Crippen molar-refractivity contribution in [1.29, 1.82) is 0 Å². The molecule has 17 heavy (non-hydrogen) atoms. The Balaban J connectivity index is 2.09. The van der Waals surface area contributed by atoms with E-state index in [1.54, 1.807) is 12.1 Å². The maximum absolute atomic E-state index is 6.08. The molecule has 2 rings (SSSR count). The predicted molar refractivity (Wildman–Crippen MR) is 73.9 cm³/mol. The van der Waals surface area contributed by atoms with E-state index in [-0.39, 0.29) is 0 Å². The third-order valence-corrected chi connectivity index (χ3v) is 3.22. The van der Waals surface area contributed by atoms with Crippen molar-refractivity contribution in [3.8, 4) is 0 Å². The molecule has 1 aromatic carbocycles. The number of hydrogen-bond donors (Lipinski definition) is 1. The summed E-state index contributed by atoms with van der Waals surface area (Å²) in [7, 11) is 0. The van der Waals surface area contributed by atoms with Gasteiger partial charge in [0.25, 0.3) is 0 Å². The maximum Gasteiger partial charge on any atom is 0.0638 e. The zero-order chi connectivity index (χ0) is 12.3. The number of halogens is 2. The lowest BCUT2D eigenvalue weighted by molar-refractivity contribution is 0.724. The molecule has 90 valence electrons. The zero-order valence-electron chi connectivity index (χ0n) is 9.58. The van der Waals surface area contributed by atoms with Crippen LogP contribution in [0.25, 0.3) is 0 Å². The molecule has 2 nitrogen and oxygen atoms in total. The Labute approximate surface area is 111 Å². The van der Waals surface area contributed by atoms with Gasteiger partial charge >= 0.3 is 0 Å². The summed E-state index contributed by atoms with van der Waals surface area (Å²) in [4.78, 5) is 0. The summed E-state index contributed by atoms with van der Waals surface area (Å²) in [6, 6.07) is 9.55. The number of anilines is 1. The normalized spacial score (nSPS) is 10.5. The van der Waals surface area contributed by atoms with Crippen LogP contribution in [0.15, 0.2) is 36.5 Å². The van der Waals surface area contributed by atoms with E-state index in [4.69, 9.17) is 23.2 Å². The Bertz CT molecular complexity index is 506. The summed E-state index contributed by atoms with van der Waals surface area (Å²) in [6.45, 7) is 3.82. The van der Waals surface area contributed by atoms with Crippen molar-refractivity contribution in [2.45, 2.75) is 20.0 Å².